The summed E-state index contributed by atoms with van der Waals surface area (Å²) in [7, 11) is 0. The molecule has 0 saturated carbocycles. The van der Waals surface area contributed by atoms with Crippen LogP contribution in [0.2, 0.25) is 0 Å². The molecular formula is C14H15ClF3NO2. The van der Waals surface area contributed by atoms with Gasteiger partial charge in [-0.3, -0.25) is 4.79 Å². The first-order valence-electron chi connectivity index (χ1n) is 6.60. The van der Waals surface area contributed by atoms with Crippen molar-refractivity contribution in [3.8, 4) is 5.75 Å². The number of carbonyl (C=O) groups is 1. The lowest BCUT2D eigenvalue weighted by atomic mass is 10.1. The molecule has 0 spiro atoms. The van der Waals surface area contributed by atoms with E-state index in [4.69, 9.17) is 11.6 Å². The second kappa shape index (κ2) is 6.56. The van der Waals surface area contributed by atoms with Gasteiger partial charge in [0.2, 0.25) is 0 Å². The molecule has 1 aliphatic rings. The van der Waals surface area contributed by atoms with Gasteiger partial charge in [0, 0.05) is 24.5 Å². The molecule has 7 heteroatoms. The largest absolute Gasteiger partial charge is 0.573 e. The Hall–Kier alpha value is -1.43. The third-order valence-electron chi connectivity index (χ3n) is 3.43. The van der Waals surface area contributed by atoms with Crippen molar-refractivity contribution in [2.24, 2.45) is 5.92 Å². The van der Waals surface area contributed by atoms with E-state index in [1.165, 1.54) is 12.1 Å². The molecule has 0 radical (unpaired) electrons. The van der Waals surface area contributed by atoms with Crippen LogP contribution in [0.1, 0.15) is 23.2 Å². The second-order valence-electron chi connectivity index (χ2n) is 4.96. The first kappa shape index (κ1) is 15.9. The van der Waals surface area contributed by atoms with E-state index in [1.54, 1.807) is 4.90 Å². The molecule has 0 aliphatic carbocycles. The summed E-state index contributed by atoms with van der Waals surface area (Å²) in [5, 5.41) is 0. The van der Waals surface area contributed by atoms with Crippen molar-refractivity contribution in [3.63, 3.8) is 0 Å². The standard InChI is InChI=1S/C14H15ClF3NO2/c15-7-5-10-6-8-19(9-10)13(20)11-1-3-12(4-2-11)21-14(16,17)18/h1-4,10H,5-9H2. The average molecular weight is 322 g/mol. The number of likely N-dealkylation sites (tertiary alicyclic amines) is 1. The molecule has 21 heavy (non-hydrogen) atoms. The van der Waals surface area contributed by atoms with Gasteiger partial charge in [0.15, 0.2) is 0 Å². The summed E-state index contributed by atoms with van der Waals surface area (Å²) in [5.74, 6) is 0.460. The van der Waals surface area contributed by atoms with E-state index in [9.17, 15) is 18.0 Å². The minimum atomic E-state index is -4.73. The molecule has 1 fully saturated rings. The molecule has 0 bridgehead atoms. The van der Waals surface area contributed by atoms with Crippen LogP contribution in [0.4, 0.5) is 13.2 Å². The lowest BCUT2D eigenvalue weighted by Gasteiger charge is -2.17. The van der Waals surface area contributed by atoms with Crippen LogP contribution < -0.4 is 4.74 Å². The quantitative estimate of drug-likeness (QED) is 0.792. The Bertz CT molecular complexity index is 490. The molecule has 1 unspecified atom stereocenters. The van der Waals surface area contributed by atoms with Gasteiger partial charge in [-0.2, -0.15) is 0 Å². The number of carbonyl (C=O) groups excluding carboxylic acids is 1. The van der Waals surface area contributed by atoms with Crippen LogP contribution in [-0.4, -0.2) is 36.1 Å². The number of amides is 1. The Morgan fingerprint density at radius 2 is 2.00 bits per heavy atom. The minimum absolute atomic E-state index is 0.175. The maximum atomic E-state index is 12.2. The number of nitrogens with zero attached hydrogens (tertiary/aromatic N) is 1. The summed E-state index contributed by atoms with van der Waals surface area (Å²) in [6, 6.07) is 4.98. The van der Waals surface area contributed by atoms with Crippen molar-refractivity contribution in [1.82, 2.24) is 4.90 Å². The second-order valence-corrected chi connectivity index (χ2v) is 5.33. The molecule has 116 valence electrons. The molecule has 1 saturated heterocycles. The Kier molecular flexibility index (Phi) is 4.98. The number of hydrogen-bond acceptors (Lipinski definition) is 2. The predicted molar refractivity (Wildman–Crippen MR) is 72.5 cm³/mol. The molecule has 0 N–H and O–H groups in total. The first-order chi connectivity index (χ1) is 9.89. The van der Waals surface area contributed by atoms with Crippen molar-refractivity contribution in [3.05, 3.63) is 29.8 Å². The van der Waals surface area contributed by atoms with E-state index >= 15 is 0 Å². The molecule has 1 aromatic carbocycles. The zero-order chi connectivity index (χ0) is 15.5. The third-order valence-corrected chi connectivity index (χ3v) is 3.64. The van der Waals surface area contributed by atoms with Crippen LogP contribution in [0.5, 0.6) is 5.75 Å². The topological polar surface area (TPSA) is 29.5 Å². The number of alkyl halides is 4. The van der Waals surface area contributed by atoms with E-state index in [1.807, 2.05) is 0 Å². The van der Waals surface area contributed by atoms with Gasteiger partial charge in [-0.1, -0.05) is 0 Å². The van der Waals surface area contributed by atoms with E-state index in [2.05, 4.69) is 4.74 Å². The molecular weight excluding hydrogens is 307 g/mol. The Morgan fingerprint density at radius 3 is 2.57 bits per heavy atom. The Labute approximate surface area is 125 Å². The normalized spacial score (nSPS) is 18.9. The minimum Gasteiger partial charge on any atom is -0.406 e. The lowest BCUT2D eigenvalue weighted by molar-refractivity contribution is -0.274. The fraction of sp³-hybridized carbons (Fsp3) is 0.500. The fourth-order valence-corrected chi connectivity index (χ4v) is 2.70. The van der Waals surface area contributed by atoms with Crippen molar-refractivity contribution >= 4 is 17.5 Å². The average Bonchev–Trinajstić information content (AvgIpc) is 2.86. The van der Waals surface area contributed by atoms with Gasteiger partial charge in [0.1, 0.15) is 5.75 Å². The molecule has 1 aromatic rings. The van der Waals surface area contributed by atoms with Gasteiger partial charge in [0.25, 0.3) is 5.91 Å². The Balaban J connectivity index is 1.97. The van der Waals surface area contributed by atoms with Gasteiger partial charge in [-0.05, 0) is 43.0 Å². The highest BCUT2D eigenvalue weighted by molar-refractivity contribution is 6.17. The van der Waals surface area contributed by atoms with E-state index in [0.29, 0.717) is 30.5 Å². The number of ether oxygens (including phenoxy) is 1. The number of rotatable bonds is 4. The van der Waals surface area contributed by atoms with Gasteiger partial charge in [-0.25, -0.2) is 0 Å². The van der Waals surface area contributed by atoms with E-state index < -0.39 is 6.36 Å². The zero-order valence-electron chi connectivity index (χ0n) is 11.2. The molecule has 2 rings (SSSR count). The smallest absolute Gasteiger partial charge is 0.406 e. The summed E-state index contributed by atoms with van der Waals surface area (Å²) in [6.45, 7) is 1.30. The fourth-order valence-electron chi connectivity index (χ4n) is 2.39. The monoisotopic (exact) mass is 321 g/mol. The number of hydrogen-bond donors (Lipinski definition) is 0. The van der Waals surface area contributed by atoms with Crippen LogP contribution in [0.15, 0.2) is 24.3 Å². The lowest BCUT2D eigenvalue weighted by Crippen LogP contribution is -2.28. The Morgan fingerprint density at radius 1 is 1.33 bits per heavy atom. The van der Waals surface area contributed by atoms with E-state index in [0.717, 1.165) is 25.0 Å². The van der Waals surface area contributed by atoms with Gasteiger partial charge in [-0.15, -0.1) is 24.8 Å². The molecule has 3 nitrogen and oxygen atoms in total. The maximum Gasteiger partial charge on any atom is 0.573 e. The number of benzene rings is 1. The molecule has 1 atom stereocenters. The molecule has 1 amide bonds. The van der Waals surface area contributed by atoms with Crippen LogP contribution in [0.3, 0.4) is 0 Å². The van der Waals surface area contributed by atoms with Crippen molar-refractivity contribution in [2.45, 2.75) is 19.2 Å². The van der Waals surface area contributed by atoms with Crippen molar-refractivity contribution in [1.29, 1.82) is 0 Å². The van der Waals surface area contributed by atoms with Gasteiger partial charge in [0.05, 0.1) is 0 Å². The predicted octanol–water partition coefficient (Wildman–Crippen LogP) is 3.68. The summed E-state index contributed by atoms with van der Waals surface area (Å²) >= 11 is 5.69. The zero-order valence-corrected chi connectivity index (χ0v) is 12.0. The summed E-state index contributed by atoms with van der Waals surface area (Å²) in [6.07, 6.45) is -2.95. The van der Waals surface area contributed by atoms with Crippen LogP contribution in [-0.2, 0) is 0 Å². The number of halogens is 4. The summed E-state index contributed by atoms with van der Waals surface area (Å²) in [5.41, 5.74) is 0.357. The summed E-state index contributed by atoms with van der Waals surface area (Å²) in [4.78, 5) is 13.9. The van der Waals surface area contributed by atoms with Gasteiger partial charge >= 0.3 is 6.36 Å². The molecule has 1 aliphatic heterocycles. The third kappa shape index (κ3) is 4.52. The van der Waals surface area contributed by atoms with E-state index in [-0.39, 0.29) is 11.7 Å². The van der Waals surface area contributed by atoms with Crippen molar-refractivity contribution in [2.75, 3.05) is 19.0 Å². The molecule has 0 aromatic heterocycles. The van der Waals surface area contributed by atoms with Crippen LogP contribution in [0, 0.1) is 5.92 Å². The SMILES string of the molecule is O=C(c1ccc(OC(F)(F)F)cc1)N1CCC(CCCl)C1. The highest BCUT2D eigenvalue weighted by Crippen LogP contribution is 2.25. The van der Waals surface area contributed by atoms with Crippen molar-refractivity contribution < 1.29 is 22.7 Å². The van der Waals surface area contributed by atoms with Crippen LogP contribution in [0.25, 0.3) is 0 Å². The maximum absolute atomic E-state index is 12.2. The molecule has 1 heterocycles. The summed E-state index contributed by atoms with van der Waals surface area (Å²) < 4.78 is 39.9. The highest BCUT2D eigenvalue weighted by atomic mass is 35.5. The highest BCUT2D eigenvalue weighted by Gasteiger charge is 2.31. The van der Waals surface area contributed by atoms with Crippen LogP contribution >= 0.6 is 11.6 Å². The van der Waals surface area contributed by atoms with Gasteiger partial charge < -0.3 is 9.64 Å². The first-order valence-corrected chi connectivity index (χ1v) is 7.13.